The lowest BCUT2D eigenvalue weighted by Gasteiger charge is -2.07. The SMILES string of the molecule is CCCCCCO[S+](CC)P(O)(O)=S. The second-order valence-corrected chi connectivity index (χ2v) is 10.4. The molecule has 0 aromatic heterocycles. The summed E-state index contributed by atoms with van der Waals surface area (Å²) in [5.74, 6) is 0.595. The summed E-state index contributed by atoms with van der Waals surface area (Å²) in [6, 6.07) is 0. The minimum atomic E-state index is -3.19. The van der Waals surface area contributed by atoms with Crippen LogP contribution >= 0.6 is 5.69 Å². The molecule has 0 fully saturated rings. The summed E-state index contributed by atoms with van der Waals surface area (Å²) in [5, 5.41) is 0. The van der Waals surface area contributed by atoms with E-state index in [1.54, 1.807) is 0 Å². The summed E-state index contributed by atoms with van der Waals surface area (Å²) < 4.78 is 5.38. The van der Waals surface area contributed by atoms with Crippen molar-refractivity contribution in [3.63, 3.8) is 0 Å². The van der Waals surface area contributed by atoms with Gasteiger partial charge < -0.3 is 9.79 Å². The Hall–Kier alpha value is 0.880. The van der Waals surface area contributed by atoms with E-state index in [1.807, 2.05) is 6.92 Å². The zero-order chi connectivity index (χ0) is 11.0. The van der Waals surface area contributed by atoms with Crippen molar-refractivity contribution in [2.75, 3.05) is 12.4 Å². The van der Waals surface area contributed by atoms with Gasteiger partial charge in [0.2, 0.25) is 10.8 Å². The quantitative estimate of drug-likeness (QED) is 0.399. The summed E-state index contributed by atoms with van der Waals surface area (Å²) in [7, 11) is -0.817. The molecule has 86 valence electrons. The first kappa shape index (κ1) is 14.9. The molecule has 1 atom stereocenters. The Kier molecular flexibility index (Phi) is 8.59. The Morgan fingerprint density at radius 1 is 1.21 bits per heavy atom. The maximum absolute atomic E-state index is 9.25. The molecule has 0 saturated carbocycles. The van der Waals surface area contributed by atoms with Gasteiger partial charge >= 0.3 is 5.69 Å². The van der Waals surface area contributed by atoms with Crippen LogP contribution in [-0.4, -0.2) is 22.1 Å². The van der Waals surface area contributed by atoms with E-state index in [2.05, 4.69) is 18.7 Å². The van der Waals surface area contributed by atoms with E-state index in [1.165, 1.54) is 12.8 Å². The molecule has 0 aromatic rings. The maximum Gasteiger partial charge on any atom is 0.428 e. The Balaban J connectivity index is 3.59. The third kappa shape index (κ3) is 7.21. The van der Waals surface area contributed by atoms with E-state index in [9.17, 15) is 9.79 Å². The van der Waals surface area contributed by atoms with Crippen LogP contribution in [-0.2, 0) is 26.8 Å². The molecule has 14 heavy (non-hydrogen) atoms. The minimum absolute atomic E-state index is 0.594. The van der Waals surface area contributed by atoms with E-state index in [4.69, 9.17) is 4.18 Å². The number of hydrogen-bond donors (Lipinski definition) is 2. The zero-order valence-electron chi connectivity index (χ0n) is 8.81. The first-order valence-corrected chi connectivity index (χ1v) is 9.56. The minimum Gasteiger partial charge on any atom is -0.305 e. The number of rotatable bonds is 8. The van der Waals surface area contributed by atoms with Crippen molar-refractivity contribution >= 4 is 28.3 Å². The van der Waals surface area contributed by atoms with Crippen molar-refractivity contribution in [1.82, 2.24) is 0 Å². The van der Waals surface area contributed by atoms with Crippen LogP contribution in [0.1, 0.15) is 39.5 Å². The van der Waals surface area contributed by atoms with Crippen molar-refractivity contribution in [3.05, 3.63) is 0 Å². The predicted octanol–water partition coefficient (Wildman–Crippen LogP) is 2.35. The Bertz CT molecular complexity index is 183. The molecule has 0 radical (unpaired) electrons. The van der Waals surface area contributed by atoms with Gasteiger partial charge in [-0.25, -0.2) is 0 Å². The molecule has 0 aliphatic heterocycles. The molecule has 0 amide bonds. The number of unbranched alkanes of at least 4 members (excludes halogenated alkanes) is 3. The summed E-state index contributed by atoms with van der Waals surface area (Å²) >= 11 is 4.62. The van der Waals surface area contributed by atoms with E-state index in [-0.39, 0.29) is 0 Å². The summed E-state index contributed by atoms with van der Waals surface area (Å²) in [5.41, 5.74) is -3.19. The van der Waals surface area contributed by atoms with Crippen LogP contribution in [0.2, 0.25) is 0 Å². The van der Waals surface area contributed by atoms with Crippen molar-refractivity contribution in [1.29, 1.82) is 0 Å². The fourth-order valence-electron chi connectivity index (χ4n) is 1.00. The van der Waals surface area contributed by atoms with E-state index in [0.29, 0.717) is 12.4 Å². The first-order chi connectivity index (χ1) is 6.52. The van der Waals surface area contributed by atoms with Gasteiger partial charge in [0.05, 0.1) is 0 Å². The molecule has 0 aliphatic carbocycles. The largest absolute Gasteiger partial charge is 0.428 e. The average molecular weight is 259 g/mol. The van der Waals surface area contributed by atoms with Gasteiger partial charge in [-0.3, -0.25) is 0 Å². The van der Waals surface area contributed by atoms with Gasteiger partial charge in [-0.05, 0) is 13.3 Å². The maximum atomic E-state index is 9.25. The fourth-order valence-corrected chi connectivity index (χ4v) is 4.94. The highest BCUT2D eigenvalue weighted by atomic mass is 33.0. The van der Waals surface area contributed by atoms with Gasteiger partial charge in [0.15, 0.2) is 0 Å². The van der Waals surface area contributed by atoms with Crippen LogP contribution in [0, 0.1) is 0 Å². The lowest BCUT2D eigenvalue weighted by molar-refractivity contribution is 0.346. The van der Waals surface area contributed by atoms with Crippen LogP contribution < -0.4 is 0 Å². The third-order valence-corrected chi connectivity index (χ3v) is 7.37. The highest BCUT2D eigenvalue weighted by Crippen LogP contribution is 2.46. The van der Waals surface area contributed by atoms with Gasteiger partial charge in [0.25, 0.3) is 0 Å². The monoisotopic (exact) mass is 259 g/mol. The van der Waals surface area contributed by atoms with Crippen molar-refractivity contribution in [2.45, 2.75) is 39.5 Å². The molecule has 0 rings (SSSR count). The molecule has 0 bridgehead atoms. The molecule has 0 heterocycles. The second-order valence-electron chi connectivity index (χ2n) is 2.98. The molecule has 1 unspecified atom stereocenters. The molecule has 0 saturated heterocycles. The Morgan fingerprint density at radius 3 is 2.29 bits per heavy atom. The molecule has 0 aliphatic rings. The van der Waals surface area contributed by atoms with E-state index < -0.39 is 16.5 Å². The summed E-state index contributed by atoms with van der Waals surface area (Å²) in [6.07, 6.45) is 4.51. The normalized spacial score (nSPS) is 14.3. The highest BCUT2D eigenvalue weighted by molar-refractivity contribution is 8.63. The van der Waals surface area contributed by atoms with Gasteiger partial charge in [-0.1, -0.05) is 26.2 Å². The first-order valence-electron chi connectivity index (χ1n) is 4.92. The molecule has 0 spiro atoms. The van der Waals surface area contributed by atoms with Crippen LogP contribution in [0.15, 0.2) is 0 Å². The Labute approximate surface area is 94.3 Å². The lowest BCUT2D eigenvalue weighted by atomic mass is 10.2. The Morgan fingerprint density at radius 2 is 1.86 bits per heavy atom. The molecule has 0 aromatic carbocycles. The summed E-state index contributed by atoms with van der Waals surface area (Å²) in [4.78, 5) is 18.5. The van der Waals surface area contributed by atoms with Crippen molar-refractivity contribution < 1.29 is 14.0 Å². The van der Waals surface area contributed by atoms with Gasteiger partial charge in [-0.2, -0.15) is 4.18 Å². The molecular formula is C8H20O3PS2+. The highest BCUT2D eigenvalue weighted by Gasteiger charge is 2.36. The molecule has 3 nitrogen and oxygen atoms in total. The van der Waals surface area contributed by atoms with Crippen LogP contribution in [0.5, 0.6) is 0 Å². The third-order valence-electron chi connectivity index (χ3n) is 1.73. The topological polar surface area (TPSA) is 49.7 Å². The van der Waals surface area contributed by atoms with Crippen molar-refractivity contribution in [2.24, 2.45) is 0 Å². The van der Waals surface area contributed by atoms with Crippen LogP contribution in [0.25, 0.3) is 0 Å². The zero-order valence-corrected chi connectivity index (χ0v) is 11.3. The molecule has 6 heteroatoms. The lowest BCUT2D eigenvalue weighted by Crippen LogP contribution is -2.10. The van der Waals surface area contributed by atoms with Crippen LogP contribution in [0.3, 0.4) is 0 Å². The summed E-state index contributed by atoms with van der Waals surface area (Å²) in [6.45, 7) is 4.61. The van der Waals surface area contributed by atoms with Gasteiger partial charge in [-0.15, -0.1) is 0 Å². The fraction of sp³-hybridized carbons (Fsp3) is 1.00. The van der Waals surface area contributed by atoms with Crippen LogP contribution in [0.4, 0.5) is 0 Å². The molecular weight excluding hydrogens is 239 g/mol. The van der Waals surface area contributed by atoms with Gasteiger partial charge in [0, 0.05) is 11.8 Å². The number of hydrogen-bond acceptors (Lipinski definition) is 2. The average Bonchev–Trinajstić information content (AvgIpc) is 2.09. The molecule has 2 N–H and O–H groups in total. The second kappa shape index (κ2) is 8.08. The van der Waals surface area contributed by atoms with Crippen molar-refractivity contribution in [3.8, 4) is 0 Å². The predicted molar refractivity (Wildman–Crippen MR) is 66.7 cm³/mol. The standard InChI is InChI=1S/C8H19O3PS2/c1-3-5-6-7-8-11-14(4-2)12(9,10)13/h3-8H2,1-2H3,(H-,9,10,13)/p+1. The van der Waals surface area contributed by atoms with E-state index >= 15 is 0 Å². The smallest absolute Gasteiger partial charge is 0.305 e. The van der Waals surface area contributed by atoms with E-state index in [0.717, 1.165) is 12.8 Å². The van der Waals surface area contributed by atoms with Gasteiger partial charge in [0.1, 0.15) is 12.4 Å².